The average molecular weight is 271 g/mol. The molecule has 0 radical (unpaired) electrons. The molecule has 1 aromatic carbocycles. The van der Waals surface area contributed by atoms with Gasteiger partial charge in [-0.3, -0.25) is 0 Å². The third-order valence-electron chi connectivity index (χ3n) is 2.67. The normalized spacial score (nSPS) is 13.3. The van der Waals surface area contributed by atoms with Crippen LogP contribution in [0.4, 0.5) is 5.69 Å². The second-order valence-corrected chi connectivity index (χ2v) is 7.00. The topological polar surface area (TPSA) is 62.9 Å². The number of nitrogens with two attached hydrogens (primary N) is 1. The Morgan fingerprint density at radius 1 is 1.17 bits per heavy atom. The van der Waals surface area contributed by atoms with Crippen LogP contribution in [0.25, 0.3) is 0 Å². The summed E-state index contributed by atoms with van der Waals surface area (Å²) in [5.41, 5.74) is 6.37. The van der Waals surface area contributed by atoms with E-state index in [1.165, 1.54) is 0 Å². The van der Waals surface area contributed by atoms with Crippen LogP contribution in [0.15, 0.2) is 24.3 Å². The monoisotopic (exact) mass is 271 g/mol. The molecule has 1 unspecified atom stereocenters. The van der Waals surface area contributed by atoms with Gasteiger partial charge < -0.3 is 23.7 Å². The third kappa shape index (κ3) is 3.99. The summed E-state index contributed by atoms with van der Waals surface area (Å²) in [6.45, 7) is 1.95. The molecule has 5 nitrogen and oxygen atoms in total. The third-order valence-corrected chi connectivity index (χ3v) is 5.61. The van der Waals surface area contributed by atoms with Gasteiger partial charge >= 0.3 is 8.80 Å². The van der Waals surface area contributed by atoms with E-state index in [0.29, 0.717) is 11.7 Å². The molecule has 102 valence electrons. The molecule has 0 aliphatic heterocycles. The van der Waals surface area contributed by atoms with Gasteiger partial charge in [0.25, 0.3) is 0 Å². The molecule has 0 amide bonds. The first-order valence-electron chi connectivity index (χ1n) is 5.73. The van der Waals surface area contributed by atoms with E-state index >= 15 is 0 Å². The van der Waals surface area contributed by atoms with Crippen LogP contribution < -0.4 is 10.5 Å². The van der Waals surface area contributed by atoms with E-state index < -0.39 is 8.80 Å². The lowest BCUT2D eigenvalue weighted by molar-refractivity contribution is 0.107. The quantitative estimate of drug-likeness (QED) is 0.606. The minimum Gasteiger partial charge on any atom is -0.491 e. The van der Waals surface area contributed by atoms with Crippen LogP contribution in [0.1, 0.15) is 6.92 Å². The Morgan fingerprint density at radius 3 is 2.28 bits per heavy atom. The molecule has 6 heteroatoms. The van der Waals surface area contributed by atoms with Gasteiger partial charge in [0, 0.05) is 33.1 Å². The van der Waals surface area contributed by atoms with E-state index in [1.807, 2.05) is 25.1 Å². The number of nitrogen functional groups attached to an aromatic ring is 1. The largest absolute Gasteiger partial charge is 0.503 e. The van der Waals surface area contributed by atoms with Crippen LogP contribution in [0.2, 0.25) is 6.04 Å². The van der Waals surface area contributed by atoms with Gasteiger partial charge in [0.2, 0.25) is 0 Å². The average Bonchev–Trinajstić information content (AvgIpc) is 2.36. The first kappa shape index (κ1) is 15.0. The Morgan fingerprint density at radius 2 is 1.78 bits per heavy atom. The van der Waals surface area contributed by atoms with Crippen molar-refractivity contribution in [3.8, 4) is 5.75 Å². The van der Waals surface area contributed by atoms with Crippen molar-refractivity contribution in [3.63, 3.8) is 0 Å². The van der Waals surface area contributed by atoms with Crippen LogP contribution in [-0.2, 0) is 13.3 Å². The van der Waals surface area contributed by atoms with Crippen molar-refractivity contribution >= 4 is 14.5 Å². The summed E-state index contributed by atoms with van der Waals surface area (Å²) in [7, 11) is 2.17. The number of benzene rings is 1. The van der Waals surface area contributed by atoms with Crippen molar-refractivity contribution in [1.29, 1.82) is 0 Å². The van der Waals surface area contributed by atoms with Crippen molar-refractivity contribution in [2.24, 2.45) is 0 Å². The molecule has 0 saturated heterocycles. The van der Waals surface area contributed by atoms with E-state index in [0.717, 1.165) is 5.75 Å². The van der Waals surface area contributed by atoms with Gasteiger partial charge in [-0.15, -0.1) is 0 Å². The van der Waals surface area contributed by atoms with Crippen LogP contribution >= 0.6 is 0 Å². The molecule has 18 heavy (non-hydrogen) atoms. The summed E-state index contributed by atoms with van der Waals surface area (Å²) in [4.78, 5) is 0. The van der Waals surface area contributed by atoms with E-state index in [4.69, 9.17) is 23.7 Å². The molecule has 0 fully saturated rings. The van der Waals surface area contributed by atoms with Crippen LogP contribution in [-0.4, -0.2) is 36.2 Å². The number of anilines is 1. The number of rotatable bonds is 7. The summed E-state index contributed by atoms with van der Waals surface area (Å²) in [6, 6.07) is 7.89. The molecule has 0 spiro atoms. The number of hydrogen-bond donors (Lipinski definition) is 1. The lowest BCUT2D eigenvalue weighted by Crippen LogP contribution is -2.46. The fourth-order valence-corrected chi connectivity index (χ4v) is 3.50. The summed E-state index contributed by atoms with van der Waals surface area (Å²) in [6.07, 6.45) is -0.0849. The fraction of sp³-hybridized carbons (Fsp3) is 0.500. The minimum atomic E-state index is -2.60. The van der Waals surface area contributed by atoms with Crippen LogP contribution in [0.3, 0.4) is 0 Å². The summed E-state index contributed by atoms with van der Waals surface area (Å²) < 4.78 is 21.8. The second kappa shape index (κ2) is 6.74. The highest BCUT2D eigenvalue weighted by atomic mass is 28.4. The van der Waals surface area contributed by atoms with Crippen molar-refractivity contribution in [3.05, 3.63) is 24.3 Å². The zero-order valence-electron chi connectivity index (χ0n) is 11.3. The Labute approximate surface area is 109 Å². The van der Waals surface area contributed by atoms with Gasteiger partial charge in [0.05, 0.1) is 6.04 Å². The molecule has 1 aromatic rings. The molecule has 0 aliphatic rings. The first-order chi connectivity index (χ1) is 8.55. The Bertz CT molecular complexity index is 363. The molecule has 0 bridgehead atoms. The van der Waals surface area contributed by atoms with Gasteiger partial charge in [-0.2, -0.15) is 0 Å². The maximum atomic E-state index is 5.77. The van der Waals surface area contributed by atoms with Crippen molar-refractivity contribution in [1.82, 2.24) is 0 Å². The number of ether oxygens (including phenoxy) is 1. The molecular weight excluding hydrogens is 250 g/mol. The van der Waals surface area contributed by atoms with Gasteiger partial charge in [-0.25, -0.2) is 0 Å². The Balaban J connectivity index is 2.63. The lowest BCUT2D eigenvalue weighted by atomic mass is 10.3. The molecule has 0 aromatic heterocycles. The van der Waals surface area contributed by atoms with Crippen molar-refractivity contribution in [2.75, 3.05) is 27.1 Å². The van der Waals surface area contributed by atoms with E-state index in [1.54, 1.807) is 27.4 Å². The SMILES string of the molecule is CO[Si](CC(C)Oc1cccc(N)c1)(OC)OC. The first-order valence-corrected chi connectivity index (χ1v) is 7.66. The second-order valence-electron chi connectivity index (χ2n) is 4.00. The highest BCUT2D eigenvalue weighted by Gasteiger charge is 2.40. The van der Waals surface area contributed by atoms with Crippen LogP contribution in [0, 0.1) is 0 Å². The van der Waals surface area contributed by atoms with E-state index in [-0.39, 0.29) is 6.10 Å². The molecule has 0 aliphatic carbocycles. The molecule has 1 rings (SSSR count). The molecule has 1 atom stereocenters. The smallest absolute Gasteiger partial charge is 0.491 e. The lowest BCUT2D eigenvalue weighted by Gasteiger charge is -2.27. The molecule has 0 saturated carbocycles. The van der Waals surface area contributed by atoms with Gasteiger partial charge in [-0.1, -0.05) is 6.07 Å². The minimum absolute atomic E-state index is 0.0849. The van der Waals surface area contributed by atoms with Gasteiger partial charge in [0.15, 0.2) is 0 Å². The molecule has 2 N–H and O–H groups in total. The zero-order valence-corrected chi connectivity index (χ0v) is 12.3. The van der Waals surface area contributed by atoms with Crippen LogP contribution in [0.5, 0.6) is 5.75 Å². The standard InChI is InChI=1S/C12H21NO4Si/c1-10(9-18(14-2,15-3)16-4)17-12-7-5-6-11(13)8-12/h5-8,10H,9,13H2,1-4H3. The maximum Gasteiger partial charge on any atom is 0.503 e. The predicted octanol–water partition coefficient (Wildman–Crippen LogP) is 1.91. The van der Waals surface area contributed by atoms with Crippen molar-refractivity contribution < 1.29 is 18.0 Å². The Kier molecular flexibility index (Phi) is 5.61. The molecular formula is C12H21NO4Si. The summed E-state index contributed by atoms with van der Waals surface area (Å²) in [5, 5.41) is 0. The summed E-state index contributed by atoms with van der Waals surface area (Å²) >= 11 is 0. The molecule has 0 heterocycles. The predicted molar refractivity (Wildman–Crippen MR) is 72.5 cm³/mol. The number of hydrogen-bond acceptors (Lipinski definition) is 5. The van der Waals surface area contributed by atoms with Gasteiger partial charge in [0.1, 0.15) is 11.9 Å². The zero-order chi connectivity index (χ0) is 13.6. The highest BCUT2D eigenvalue weighted by Crippen LogP contribution is 2.21. The van der Waals surface area contributed by atoms with E-state index in [2.05, 4.69) is 0 Å². The Hall–Kier alpha value is -1.08. The van der Waals surface area contributed by atoms with E-state index in [9.17, 15) is 0 Å². The summed E-state index contributed by atoms with van der Waals surface area (Å²) in [5.74, 6) is 0.730. The fourth-order valence-electron chi connectivity index (χ4n) is 1.71. The van der Waals surface area contributed by atoms with Gasteiger partial charge in [-0.05, 0) is 19.1 Å². The maximum absolute atomic E-state index is 5.77. The highest BCUT2D eigenvalue weighted by molar-refractivity contribution is 6.60. The van der Waals surface area contributed by atoms with Crippen molar-refractivity contribution in [2.45, 2.75) is 19.1 Å².